The van der Waals surface area contributed by atoms with Crippen molar-refractivity contribution in [2.45, 2.75) is 122 Å². The van der Waals surface area contributed by atoms with E-state index in [-0.39, 0.29) is 47.9 Å². The molecule has 0 aliphatic carbocycles. The van der Waals surface area contributed by atoms with Gasteiger partial charge in [-0.25, -0.2) is 4.39 Å². The number of hydrogen-bond acceptors (Lipinski definition) is 7. The summed E-state index contributed by atoms with van der Waals surface area (Å²) >= 11 is 0. The second-order valence-corrected chi connectivity index (χ2v) is 14.5. The molecular weight excluding hydrogens is 667 g/mol. The van der Waals surface area contributed by atoms with Crippen LogP contribution in [0.25, 0.3) is 0 Å². The average molecular weight is 723 g/mol. The van der Waals surface area contributed by atoms with Crippen LogP contribution in [0.3, 0.4) is 0 Å². The highest BCUT2D eigenvalue weighted by atomic mass is 19.1. The first-order valence-electron chi connectivity index (χ1n) is 18.7. The quantitative estimate of drug-likeness (QED) is 0.429. The first-order chi connectivity index (χ1) is 24.9. The topological polar surface area (TPSA) is 150 Å². The Balaban J connectivity index is 1.65. The standard InChI is InChI=1S/C39H55FN6O6/c1-25(2)22-31-38(50)46-21-13-18-32(46)39(51)45(5)33(23-28-15-12-19-41-24-28)37(49)43-26(3)14-9-7-6-8-10-20-42-35(47)27(4)52-34-29(36(48)44-31)16-11-17-30(34)40/h11-12,15-17,19,24-27,31-33H,6-10,13-14,18,20-23H2,1-5H3,(H,42,47)(H,43,49)(H,44,48)/t26-,27-,31-,32-,33+/m1/s1. The van der Waals surface area contributed by atoms with Gasteiger partial charge in [0.15, 0.2) is 17.7 Å². The number of pyridine rings is 1. The fourth-order valence-electron chi connectivity index (χ4n) is 6.86. The molecule has 0 bridgehead atoms. The highest BCUT2D eigenvalue weighted by molar-refractivity contribution is 6.01. The molecule has 0 radical (unpaired) electrons. The Morgan fingerprint density at radius 1 is 0.904 bits per heavy atom. The van der Waals surface area contributed by atoms with Crippen molar-refractivity contribution in [3.8, 4) is 5.75 Å². The molecule has 4 rings (SSSR count). The van der Waals surface area contributed by atoms with Crippen molar-refractivity contribution in [1.82, 2.24) is 30.7 Å². The molecule has 0 saturated carbocycles. The molecule has 3 N–H and O–H groups in total. The van der Waals surface area contributed by atoms with E-state index in [1.165, 1.54) is 28.9 Å². The summed E-state index contributed by atoms with van der Waals surface area (Å²) in [6.07, 6.45) is 8.91. The summed E-state index contributed by atoms with van der Waals surface area (Å²) in [4.78, 5) is 76.0. The lowest BCUT2D eigenvalue weighted by molar-refractivity contribution is -0.147. The van der Waals surface area contributed by atoms with Crippen molar-refractivity contribution < 1.29 is 33.1 Å². The molecule has 13 heteroatoms. The highest BCUT2D eigenvalue weighted by Crippen LogP contribution is 2.27. The van der Waals surface area contributed by atoms with E-state index in [1.54, 1.807) is 25.5 Å². The molecular formula is C39H55FN6O6. The summed E-state index contributed by atoms with van der Waals surface area (Å²) in [5, 5.41) is 8.72. The summed E-state index contributed by atoms with van der Waals surface area (Å²) in [6, 6.07) is 4.69. The third kappa shape index (κ3) is 11.0. The number of aromatic nitrogens is 1. The Morgan fingerprint density at radius 3 is 2.38 bits per heavy atom. The van der Waals surface area contributed by atoms with Gasteiger partial charge in [-0.05, 0) is 75.6 Å². The number of ether oxygens (including phenoxy) is 1. The van der Waals surface area contributed by atoms with Crippen LogP contribution in [0.5, 0.6) is 5.75 Å². The number of hydrogen-bond donors (Lipinski definition) is 3. The van der Waals surface area contributed by atoms with Crippen LogP contribution in [-0.4, -0.2) is 94.7 Å². The molecule has 5 amide bonds. The van der Waals surface area contributed by atoms with Crippen LogP contribution in [0.1, 0.15) is 101 Å². The van der Waals surface area contributed by atoms with Gasteiger partial charge in [-0.3, -0.25) is 29.0 Å². The Bertz CT molecular complexity index is 1540. The normalized spacial score (nSPS) is 25.2. The SMILES string of the molecule is CC(C)C[C@H]1NC(=O)c2cccc(F)c2O[C@H](C)C(=O)NCCCCCCC[C@@H](C)NC(=O)[C@H](Cc2cccnc2)N(C)C(=O)[C@H]2CCCN2C1=O. The van der Waals surface area contributed by atoms with Gasteiger partial charge in [-0.1, -0.05) is 51.7 Å². The third-order valence-electron chi connectivity index (χ3n) is 9.78. The van der Waals surface area contributed by atoms with Crippen molar-refractivity contribution in [3.63, 3.8) is 0 Å². The smallest absolute Gasteiger partial charge is 0.260 e. The molecule has 5 atom stereocenters. The van der Waals surface area contributed by atoms with Crippen molar-refractivity contribution in [2.24, 2.45) is 5.92 Å². The zero-order valence-corrected chi connectivity index (χ0v) is 31.2. The van der Waals surface area contributed by atoms with E-state index in [0.29, 0.717) is 25.9 Å². The van der Waals surface area contributed by atoms with Gasteiger partial charge in [0.2, 0.25) is 17.7 Å². The number of carbonyl (C=O) groups excluding carboxylic acids is 5. The van der Waals surface area contributed by atoms with Crippen LogP contribution in [0.15, 0.2) is 42.7 Å². The maximum absolute atomic E-state index is 15.2. The number of amides is 5. The number of nitrogens with one attached hydrogen (secondary N) is 3. The van der Waals surface area contributed by atoms with Gasteiger partial charge in [-0.2, -0.15) is 0 Å². The monoisotopic (exact) mass is 722 g/mol. The summed E-state index contributed by atoms with van der Waals surface area (Å²) in [7, 11) is 1.60. The minimum Gasteiger partial charge on any atom is -0.477 e. The van der Waals surface area contributed by atoms with Crippen molar-refractivity contribution in [3.05, 3.63) is 59.7 Å². The molecule has 2 aliphatic rings. The highest BCUT2D eigenvalue weighted by Gasteiger charge is 2.41. The van der Waals surface area contributed by atoms with E-state index < -0.39 is 47.8 Å². The molecule has 1 fully saturated rings. The summed E-state index contributed by atoms with van der Waals surface area (Å²) in [5.74, 6) is -3.48. The number of carbonyl (C=O) groups is 5. The number of para-hydroxylation sites is 1. The van der Waals surface area contributed by atoms with E-state index in [0.717, 1.165) is 50.2 Å². The maximum Gasteiger partial charge on any atom is 0.260 e. The first-order valence-corrected chi connectivity index (χ1v) is 18.7. The number of likely N-dealkylation sites (N-methyl/N-ethyl adjacent to an activating group) is 1. The lowest BCUT2D eigenvalue weighted by Gasteiger charge is -2.34. The second kappa shape index (κ2) is 19.3. The lowest BCUT2D eigenvalue weighted by Crippen LogP contribution is -2.57. The first kappa shape index (κ1) is 40.2. The molecule has 1 saturated heterocycles. The van der Waals surface area contributed by atoms with Gasteiger partial charge in [0.05, 0.1) is 5.56 Å². The Kier molecular flexibility index (Phi) is 15.0. The van der Waals surface area contributed by atoms with Crippen LogP contribution in [-0.2, 0) is 25.6 Å². The van der Waals surface area contributed by atoms with E-state index in [9.17, 15) is 24.0 Å². The largest absolute Gasteiger partial charge is 0.477 e. The zero-order chi connectivity index (χ0) is 37.8. The van der Waals surface area contributed by atoms with Crippen LogP contribution in [0.2, 0.25) is 0 Å². The van der Waals surface area contributed by atoms with Gasteiger partial charge < -0.3 is 30.5 Å². The van der Waals surface area contributed by atoms with Gasteiger partial charge in [0.25, 0.3) is 11.8 Å². The number of fused-ring (bicyclic) bond motifs is 2. The predicted molar refractivity (Wildman–Crippen MR) is 195 cm³/mol. The minimum absolute atomic E-state index is 0.0220. The molecule has 3 heterocycles. The molecule has 12 nitrogen and oxygen atoms in total. The molecule has 1 aromatic carbocycles. The lowest BCUT2D eigenvalue weighted by atomic mass is 10.0. The van der Waals surface area contributed by atoms with E-state index >= 15 is 4.39 Å². The maximum atomic E-state index is 15.2. The molecule has 2 aromatic rings. The van der Waals surface area contributed by atoms with Crippen LogP contribution in [0, 0.1) is 11.7 Å². The Labute approximate surface area is 306 Å². The third-order valence-corrected chi connectivity index (χ3v) is 9.78. The minimum atomic E-state index is -1.09. The number of benzene rings is 1. The summed E-state index contributed by atoms with van der Waals surface area (Å²) in [5.41, 5.74) is 0.642. The van der Waals surface area contributed by atoms with Crippen molar-refractivity contribution in [2.75, 3.05) is 20.1 Å². The molecule has 0 spiro atoms. The molecule has 52 heavy (non-hydrogen) atoms. The summed E-state index contributed by atoms with van der Waals surface area (Å²) in [6.45, 7) is 7.98. The molecule has 1 aromatic heterocycles. The number of rotatable bonds is 4. The molecule has 2 aliphatic heterocycles. The Morgan fingerprint density at radius 2 is 1.65 bits per heavy atom. The zero-order valence-electron chi connectivity index (χ0n) is 31.2. The predicted octanol–water partition coefficient (Wildman–Crippen LogP) is 4.17. The fourth-order valence-corrected chi connectivity index (χ4v) is 6.86. The van der Waals surface area contributed by atoms with E-state index in [2.05, 4.69) is 20.9 Å². The summed E-state index contributed by atoms with van der Waals surface area (Å²) < 4.78 is 20.9. The van der Waals surface area contributed by atoms with Crippen LogP contribution in [0.4, 0.5) is 4.39 Å². The number of nitrogens with zero attached hydrogens (tertiary/aromatic N) is 3. The van der Waals surface area contributed by atoms with Gasteiger partial charge in [0, 0.05) is 45.0 Å². The molecule has 284 valence electrons. The average Bonchev–Trinajstić information content (AvgIpc) is 3.61. The van der Waals surface area contributed by atoms with E-state index in [4.69, 9.17) is 4.74 Å². The van der Waals surface area contributed by atoms with Gasteiger partial charge >= 0.3 is 0 Å². The van der Waals surface area contributed by atoms with Gasteiger partial charge in [0.1, 0.15) is 18.1 Å². The van der Waals surface area contributed by atoms with Gasteiger partial charge in [-0.15, -0.1) is 0 Å². The number of halogens is 1. The van der Waals surface area contributed by atoms with Crippen molar-refractivity contribution in [1.29, 1.82) is 0 Å². The van der Waals surface area contributed by atoms with Crippen LogP contribution < -0.4 is 20.7 Å². The van der Waals surface area contributed by atoms with Crippen LogP contribution >= 0.6 is 0 Å². The Hall–Kier alpha value is -4.55. The second-order valence-electron chi connectivity index (χ2n) is 14.5. The fraction of sp³-hybridized carbons (Fsp3) is 0.590. The van der Waals surface area contributed by atoms with Crippen molar-refractivity contribution >= 4 is 29.5 Å². The van der Waals surface area contributed by atoms with E-state index in [1.807, 2.05) is 26.8 Å². The molecule has 0 unspecified atom stereocenters.